The van der Waals surface area contributed by atoms with Crippen molar-refractivity contribution in [2.45, 2.75) is 19.1 Å². The quantitative estimate of drug-likeness (QED) is 0.680. The number of carboxylic acid groups (broad SMARTS) is 1. The number of hydrogen-bond acceptors (Lipinski definition) is 2. The molecule has 0 fully saturated rings. The summed E-state index contributed by atoms with van der Waals surface area (Å²) in [5, 5.41) is 8.81. The Hall–Kier alpha value is -2.31. The van der Waals surface area contributed by atoms with Gasteiger partial charge in [-0.15, -0.1) is 0 Å². The maximum atomic E-state index is 13.2. The van der Waals surface area contributed by atoms with Gasteiger partial charge in [-0.1, -0.05) is 18.2 Å². The van der Waals surface area contributed by atoms with E-state index in [0.717, 1.165) is 4.57 Å². The second-order valence-corrected chi connectivity index (χ2v) is 4.57. The molecule has 0 bridgehead atoms. The molecular weight excluding hydrogens is 275 g/mol. The topological polar surface area (TPSA) is 59.3 Å². The van der Waals surface area contributed by atoms with Gasteiger partial charge in [-0.3, -0.25) is 4.79 Å². The van der Waals surface area contributed by atoms with E-state index in [-0.39, 0.29) is 11.9 Å². The van der Waals surface area contributed by atoms with Crippen LogP contribution in [0.4, 0.5) is 13.2 Å². The van der Waals surface area contributed by atoms with Gasteiger partial charge < -0.3 is 9.67 Å². The number of aryl methyl sites for hydroxylation is 2. The molecule has 1 aliphatic rings. The third-order valence-corrected chi connectivity index (χ3v) is 3.46. The number of rotatable bonds is 2. The first-order valence-corrected chi connectivity index (χ1v) is 5.81. The zero-order chi connectivity index (χ0) is 14.7. The van der Waals surface area contributed by atoms with Gasteiger partial charge >= 0.3 is 12.1 Å². The fraction of sp³-hybridized carbons (Fsp3) is 0.231. The van der Waals surface area contributed by atoms with E-state index in [0.29, 0.717) is 17.5 Å². The maximum absolute atomic E-state index is 13.2. The first kappa shape index (κ1) is 12.7. The molecule has 20 heavy (non-hydrogen) atoms. The number of ketones is 1. The molecule has 0 spiro atoms. The van der Waals surface area contributed by atoms with Crippen molar-refractivity contribution in [3.8, 4) is 0 Å². The molecular formula is C13H8F3NO3. The Morgan fingerprint density at radius 3 is 2.55 bits per heavy atom. The summed E-state index contributed by atoms with van der Waals surface area (Å²) in [7, 11) is 0. The highest BCUT2D eigenvalue weighted by Gasteiger charge is 2.43. The van der Waals surface area contributed by atoms with Crippen molar-refractivity contribution >= 4 is 22.7 Å². The molecule has 2 heterocycles. The lowest BCUT2D eigenvalue weighted by atomic mass is 10.0. The number of nitrogens with zero attached hydrogens (tertiary/aromatic N) is 1. The molecule has 0 atom stereocenters. The Morgan fingerprint density at radius 1 is 1.25 bits per heavy atom. The number of para-hydroxylation sites is 1. The molecule has 0 saturated heterocycles. The smallest absolute Gasteiger partial charge is 0.432 e. The summed E-state index contributed by atoms with van der Waals surface area (Å²) in [5.74, 6) is -3.42. The fourth-order valence-electron chi connectivity index (χ4n) is 2.78. The number of Topliss-reactive ketones (excluding diaryl/α,β-unsaturated/α-hetero) is 1. The number of carbonyl (C=O) groups is 2. The first-order chi connectivity index (χ1) is 9.32. The molecule has 0 aliphatic carbocycles. The normalized spacial score (nSPS) is 13.9. The summed E-state index contributed by atoms with van der Waals surface area (Å²) in [4.78, 5) is 22.5. The molecule has 0 saturated carbocycles. The van der Waals surface area contributed by atoms with Gasteiger partial charge in [0.1, 0.15) is 5.69 Å². The Labute approximate surface area is 110 Å². The average Bonchev–Trinajstić information content (AvgIpc) is 2.91. The minimum absolute atomic E-state index is 0.0553. The van der Waals surface area contributed by atoms with E-state index in [1.807, 2.05) is 0 Å². The van der Waals surface area contributed by atoms with Crippen molar-refractivity contribution in [1.82, 2.24) is 4.57 Å². The van der Waals surface area contributed by atoms with Crippen LogP contribution in [0.5, 0.6) is 0 Å². The van der Waals surface area contributed by atoms with Crippen molar-refractivity contribution in [1.29, 1.82) is 0 Å². The maximum Gasteiger partial charge on any atom is 0.432 e. The van der Waals surface area contributed by atoms with Crippen LogP contribution in [0.25, 0.3) is 10.9 Å². The summed E-state index contributed by atoms with van der Waals surface area (Å²) >= 11 is 0. The molecule has 1 N–H and O–H groups in total. The number of hydrogen-bond donors (Lipinski definition) is 1. The van der Waals surface area contributed by atoms with Crippen molar-refractivity contribution in [3.05, 3.63) is 35.0 Å². The zero-order valence-electron chi connectivity index (χ0n) is 9.99. The molecule has 0 amide bonds. The van der Waals surface area contributed by atoms with Gasteiger partial charge in [0.05, 0.1) is 11.1 Å². The number of halogens is 3. The van der Waals surface area contributed by atoms with Crippen LogP contribution in [-0.4, -0.2) is 21.4 Å². The lowest BCUT2D eigenvalue weighted by Gasteiger charge is -2.11. The fourth-order valence-corrected chi connectivity index (χ4v) is 2.78. The van der Waals surface area contributed by atoms with Crippen LogP contribution in [0, 0.1) is 0 Å². The van der Waals surface area contributed by atoms with Crippen LogP contribution in [-0.2, 0) is 23.9 Å². The molecule has 4 nitrogen and oxygen atoms in total. The van der Waals surface area contributed by atoms with Crippen LogP contribution in [0.3, 0.4) is 0 Å². The molecule has 3 rings (SSSR count). The number of alkyl halides is 3. The summed E-state index contributed by atoms with van der Waals surface area (Å²) < 4.78 is 40.6. The van der Waals surface area contributed by atoms with Crippen LogP contribution < -0.4 is 0 Å². The van der Waals surface area contributed by atoms with Crippen LogP contribution in [0.2, 0.25) is 0 Å². The highest BCUT2D eigenvalue weighted by Crippen LogP contribution is 2.41. The van der Waals surface area contributed by atoms with Gasteiger partial charge in [-0.25, -0.2) is 4.79 Å². The SMILES string of the molecule is O=C(O)C(=O)c1c(C(F)(F)F)n2c3c(cccc13)CC2. The average molecular weight is 283 g/mol. The monoisotopic (exact) mass is 283 g/mol. The van der Waals surface area contributed by atoms with Crippen molar-refractivity contribution < 1.29 is 27.9 Å². The number of aliphatic carboxylic acids is 1. The second-order valence-electron chi connectivity index (χ2n) is 4.57. The van der Waals surface area contributed by atoms with E-state index in [1.165, 1.54) is 12.1 Å². The van der Waals surface area contributed by atoms with E-state index in [2.05, 4.69) is 0 Å². The molecule has 2 aromatic rings. The number of carboxylic acids is 1. The van der Waals surface area contributed by atoms with Gasteiger partial charge in [0.15, 0.2) is 0 Å². The van der Waals surface area contributed by atoms with Gasteiger partial charge in [-0.2, -0.15) is 13.2 Å². The van der Waals surface area contributed by atoms with Gasteiger partial charge in [-0.05, 0) is 12.0 Å². The molecule has 0 unspecified atom stereocenters. The predicted octanol–water partition coefficient (Wildman–Crippen LogP) is 2.48. The minimum Gasteiger partial charge on any atom is -0.475 e. The van der Waals surface area contributed by atoms with Gasteiger partial charge in [0, 0.05) is 11.9 Å². The summed E-state index contributed by atoms with van der Waals surface area (Å²) in [6.45, 7) is 0.0948. The lowest BCUT2D eigenvalue weighted by molar-refractivity contribution is -0.143. The van der Waals surface area contributed by atoms with E-state index in [9.17, 15) is 22.8 Å². The van der Waals surface area contributed by atoms with Crippen LogP contribution in [0.15, 0.2) is 18.2 Å². The first-order valence-electron chi connectivity index (χ1n) is 5.81. The minimum atomic E-state index is -4.78. The molecule has 1 aliphatic heterocycles. The summed E-state index contributed by atoms with van der Waals surface area (Å²) in [6, 6.07) is 4.57. The van der Waals surface area contributed by atoms with E-state index < -0.39 is 29.2 Å². The molecule has 0 radical (unpaired) electrons. The van der Waals surface area contributed by atoms with Gasteiger partial charge in [0.2, 0.25) is 0 Å². The standard InChI is InChI=1S/C13H8F3NO3/c14-13(15,16)11-8(10(18)12(19)20)7-3-1-2-6-4-5-17(11)9(6)7/h1-3H,4-5H2,(H,19,20). The van der Waals surface area contributed by atoms with Crippen molar-refractivity contribution in [2.75, 3.05) is 0 Å². The highest BCUT2D eigenvalue weighted by atomic mass is 19.4. The third kappa shape index (κ3) is 1.55. The number of aromatic nitrogens is 1. The Morgan fingerprint density at radius 2 is 1.95 bits per heavy atom. The van der Waals surface area contributed by atoms with Crippen LogP contribution >= 0.6 is 0 Å². The van der Waals surface area contributed by atoms with E-state index in [1.54, 1.807) is 6.07 Å². The van der Waals surface area contributed by atoms with Crippen LogP contribution in [0.1, 0.15) is 21.6 Å². The summed E-state index contributed by atoms with van der Waals surface area (Å²) in [5.41, 5.74) is -0.923. The Balaban J connectivity index is 2.46. The predicted molar refractivity (Wildman–Crippen MR) is 62.6 cm³/mol. The molecule has 104 valence electrons. The molecule has 1 aromatic carbocycles. The number of benzene rings is 1. The third-order valence-electron chi connectivity index (χ3n) is 3.46. The molecule has 1 aromatic heterocycles. The second kappa shape index (κ2) is 3.84. The van der Waals surface area contributed by atoms with E-state index >= 15 is 0 Å². The van der Waals surface area contributed by atoms with E-state index in [4.69, 9.17) is 5.11 Å². The lowest BCUT2D eigenvalue weighted by Crippen LogP contribution is -2.21. The largest absolute Gasteiger partial charge is 0.475 e. The highest BCUT2D eigenvalue weighted by molar-refractivity contribution is 6.42. The Kier molecular flexibility index (Phi) is 2.44. The number of carbonyl (C=O) groups excluding carboxylic acids is 1. The summed E-state index contributed by atoms with van der Waals surface area (Å²) in [6.07, 6.45) is -4.33. The van der Waals surface area contributed by atoms with Crippen molar-refractivity contribution in [3.63, 3.8) is 0 Å². The molecule has 7 heteroatoms. The van der Waals surface area contributed by atoms with Crippen molar-refractivity contribution in [2.24, 2.45) is 0 Å². The zero-order valence-corrected chi connectivity index (χ0v) is 9.99. The van der Waals surface area contributed by atoms with Gasteiger partial charge in [0.25, 0.3) is 5.78 Å². The Bertz CT molecular complexity index is 758.